The fraction of sp³-hybridized carbons (Fsp3) is 0.500. The second kappa shape index (κ2) is 12.0. The van der Waals surface area contributed by atoms with Crippen molar-refractivity contribution in [1.29, 1.82) is 0 Å². The van der Waals surface area contributed by atoms with Crippen LogP contribution >= 0.6 is 0 Å². The Hall–Kier alpha value is -3.27. The SMILES string of the molecule is Cc1cc(=O)c2cc3c(c(CCO)c2o1)OC(C)(C)C(OOCC(O)C(O)(Cn1ccc2[nH]ccc21)C(O)C(O)CO)C3. The topological polar surface area (TPSA) is 200 Å². The van der Waals surface area contributed by atoms with Crippen molar-refractivity contribution in [1.82, 2.24) is 9.55 Å². The Labute approximate surface area is 246 Å². The third kappa shape index (κ3) is 5.82. The van der Waals surface area contributed by atoms with Gasteiger partial charge in [0.1, 0.15) is 59.3 Å². The van der Waals surface area contributed by atoms with Crippen LogP contribution in [0.25, 0.3) is 22.0 Å². The van der Waals surface area contributed by atoms with Gasteiger partial charge in [-0.1, -0.05) is 0 Å². The van der Waals surface area contributed by atoms with Crippen LogP contribution in [0.1, 0.15) is 30.7 Å². The molecule has 0 radical (unpaired) electrons. The van der Waals surface area contributed by atoms with Crippen molar-refractivity contribution in [2.45, 2.75) is 75.8 Å². The highest BCUT2D eigenvalue weighted by atomic mass is 17.2. The van der Waals surface area contributed by atoms with E-state index in [-0.39, 0.29) is 31.4 Å². The van der Waals surface area contributed by atoms with Crippen molar-refractivity contribution in [2.75, 3.05) is 19.8 Å². The zero-order valence-corrected chi connectivity index (χ0v) is 24.2. The maximum atomic E-state index is 12.8. The molecule has 5 rings (SSSR count). The molecule has 1 aliphatic rings. The number of aliphatic hydroxyl groups excluding tert-OH is 5. The van der Waals surface area contributed by atoms with Gasteiger partial charge in [-0.2, -0.15) is 0 Å². The van der Waals surface area contributed by atoms with Gasteiger partial charge in [-0.15, -0.1) is 0 Å². The Balaban J connectivity index is 1.36. The molecular formula is C30H38N2O11. The number of H-pyrrole nitrogens is 1. The Kier molecular flexibility index (Phi) is 8.71. The van der Waals surface area contributed by atoms with Gasteiger partial charge in [0.05, 0.1) is 29.6 Å². The fourth-order valence-electron chi connectivity index (χ4n) is 5.63. The molecule has 4 aromatic rings. The van der Waals surface area contributed by atoms with E-state index in [1.165, 1.54) is 6.07 Å². The standard InChI is InChI=1S/C30H38N2O11/c1-16-10-22(35)19-11-17-12-25(29(2,3)42-26(17)18(6-9-33)27(19)41-16)43-40-14-24(37)30(39,28(38)23(36)13-34)15-32-8-5-20-21(32)4-7-31-20/h4-5,7-8,10-11,23-25,28,31,33-34,36-39H,6,9,12-15H2,1-3H3. The monoisotopic (exact) mass is 602 g/mol. The summed E-state index contributed by atoms with van der Waals surface area (Å²) in [4.78, 5) is 26.9. The fourth-order valence-corrected chi connectivity index (χ4v) is 5.63. The molecule has 4 heterocycles. The Bertz CT molecular complexity index is 1640. The van der Waals surface area contributed by atoms with Gasteiger partial charge >= 0.3 is 0 Å². The Morgan fingerprint density at radius 1 is 1.21 bits per heavy atom. The molecule has 5 atom stereocenters. The van der Waals surface area contributed by atoms with Gasteiger partial charge in [0, 0.05) is 43.5 Å². The maximum Gasteiger partial charge on any atom is 0.192 e. The van der Waals surface area contributed by atoms with E-state index in [1.807, 2.05) is 0 Å². The van der Waals surface area contributed by atoms with Crippen molar-refractivity contribution >= 4 is 22.0 Å². The molecule has 234 valence electrons. The highest BCUT2D eigenvalue weighted by Gasteiger charge is 2.47. The van der Waals surface area contributed by atoms with E-state index in [0.717, 1.165) is 5.52 Å². The van der Waals surface area contributed by atoms with Crippen molar-refractivity contribution in [3.05, 3.63) is 63.8 Å². The third-order valence-corrected chi connectivity index (χ3v) is 8.13. The minimum absolute atomic E-state index is 0.188. The number of hydrogen-bond acceptors (Lipinski definition) is 11. The van der Waals surface area contributed by atoms with Gasteiger partial charge in [-0.25, -0.2) is 9.78 Å². The summed E-state index contributed by atoms with van der Waals surface area (Å²) in [7, 11) is 0. The average Bonchev–Trinajstić information content (AvgIpc) is 3.58. The van der Waals surface area contributed by atoms with Crippen LogP contribution in [0.5, 0.6) is 5.75 Å². The summed E-state index contributed by atoms with van der Waals surface area (Å²) < 4.78 is 13.8. The summed E-state index contributed by atoms with van der Waals surface area (Å²) in [6, 6.07) is 6.56. The zero-order valence-electron chi connectivity index (χ0n) is 24.2. The number of aliphatic hydroxyl groups is 6. The van der Waals surface area contributed by atoms with Gasteiger partial charge in [0.25, 0.3) is 0 Å². The number of rotatable bonds is 12. The van der Waals surface area contributed by atoms with Gasteiger partial charge in [-0.05, 0) is 44.5 Å². The van der Waals surface area contributed by atoms with Crippen LogP contribution in [-0.2, 0) is 29.2 Å². The molecular weight excluding hydrogens is 564 g/mol. The molecule has 43 heavy (non-hydrogen) atoms. The quantitative estimate of drug-likeness (QED) is 0.0877. The summed E-state index contributed by atoms with van der Waals surface area (Å²) >= 11 is 0. The van der Waals surface area contributed by atoms with Crippen LogP contribution in [-0.4, -0.2) is 95.6 Å². The number of aromatic nitrogens is 2. The molecule has 1 aliphatic heterocycles. The van der Waals surface area contributed by atoms with E-state index in [0.29, 0.717) is 39.1 Å². The lowest BCUT2D eigenvalue weighted by Crippen LogP contribution is -2.61. The molecule has 13 nitrogen and oxygen atoms in total. The van der Waals surface area contributed by atoms with E-state index in [9.17, 15) is 35.4 Å². The lowest BCUT2D eigenvalue weighted by molar-refractivity contribution is -0.363. The van der Waals surface area contributed by atoms with E-state index in [1.54, 1.807) is 55.9 Å². The molecule has 0 amide bonds. The van der Waals surface area contributed by atoms with Crippen LogP contribution in [0.2, 0.25) is 0 Å². The number of aromatic amines is 1. The largest absolute Gasteiger partial charge is 0.484 e. The molecule has 0 saturated heterocycles. The molecule has 3 aromatic heterocycles. The van der Waals surface area contributed by atoms with Crippen LogP contribution < -0.4 is 10.2 Å². The van der Waals surface area contributed by atoms with E-state index < -0.39 is 48.8 Å². The predicted octanol–water partition coefficient (Wildman–Crippen LogP) is 0.456. The number of ether oxygens (including phenoxy) is 1. The summed E-state index contributed by atoms with van der Waals surface area (Å²) in [5, 5.41) is 63.0. The van der Waals surface area contributed by atoms with Crippen LogP contribution in [0.4, 0.5) is 0 Å². The maximum absolute atomic E-state index is 12.8. The molecule has 0 spiro atoms. The zero-order chi connectivity index (χ0) is 31.1. The molecule has 7 N–H and O–H groups in total. The Morgan fingerprint density at radius 3 is 2.70 bits per heavy atom. The van der Waals surface area contributed by atoms with Gasteiger partial charge < -0.3 is 49.3 Å². The van der Waals surface area contributed by atoms with Crippen molar-refractivity contribution in [2.24, 2.45) is 0 Å². The molecule has 0 aliphatic carbocycles. The normalized spacial score (nSPS) is 20.0. The molecule has 1 aromatic carbocycles. The van der Waals surface area contributed by atoms with Crippen molar-refractivity contribution in [3.63, 3.8) is 0 Å². The minimum atomic E-state index is -2.36. The molecule has 13 heteroatoms. The first kappa shape index (κ1) is 31.2. The molecule has 5 unspecified atom stereocenters. The first-order valence-corrected chi connectivity index (χ1v) is 14.1. The lowest BCUT2D eigenvalue weighted by atomic mass is 9.87. The number of hydrogen-bond donors (Lipinski definition) is 7. The third-order valence-electron chi connectivity index (χ3n) is 8.13. The number of fused-ring (bicyclic) bond motifs is 3. The summed E-state index contributed by atoms with van der Waals surface area (Å²) in [6.07, 6.45) is -2.42. The second-order valence-corrected chi connectivity index (χ2v) is 11.6. The van der Waals surface area contributed by atoms with E-state index in [2.05, 4.69) is 4.98 Å². The van der Waals surface area contributed by atoms with E-state index in [4.69, 9.17) is 18.9 Å². The van der Waals surface area contributed by atoms with Crippen LogP contribution in [0.3, 0.4) is 0 Å². The number of benzene rings is 1. The molecule has 0 bridgehead atoms. The van der Waals surface area contributed by atoms with Crippen molar-refractivity contribution < 1.29 is 49.6 Å². The minimum Gasteiger partial charge on any atom is -0.484 e. The van der Waals surface area contributed by atoms with Crippen LogP contribution in [0.15, 0.2) is 45.9 Å². The number of nitrogens with one attached hydrogen (secondary N) is 1. The molecule has 0 fully saturated rings. The molecule has 0 saturated carbocycles. The lowest BCUT2D eigenvalue weighted by Gasteiger charge is -2.41. The smallest absolute Gasteiger partial charge is 0.192 e. The second-order valence-electron chi connectivity index (χ2n) is 11.6. The van der Waals surface area contributed by atoms with Gasteiger partial charge in [-0.3, -0.25) is 4.79 Å². The average molecular weight is 603 g/mol. The van der Waals surface area contributed by atoms with Gasteiger partial charge in [0.15, 0.2) is 5.43 Å². The van der Waals surface area contributed by atoms with Gasteiger partial charge in [0.2, 0.25) is 0 Å². The summed E-state index contributed by atoms with van der Waals surface area (Å²) in [5.74, 6) is 0.921. The predicted molar refractivity (Wildman–Crippen MR) is 154 cm³/mol. The van der Waals surface area contributed by atoms with Crippen LogP contribution in [0, 0.1) is 6.92 Å². The number of nitrogens with zero attached hydrogens (tertiary/aromatic N) is 1. The highest BCUT2D eigenvalue weighted by molar-refractivity contribution is 5.84. The summed E-state index contributed by atoms with van der Waals surface area (Å²) in [6.45, 7) is 3.22. The van der Waals surface area contributed by atoms with Crippen molar-refractivity contribution in [3.8, 4) is 5.75 Å². The first-order valence-electron chi connectivity index (χ1n) is 14.1. The Morgan fingerprint density at radius 2 is 1.98 bits per heavy atom. The number of aryl methyl sites for hydroxylation is 1. The first-order chi connectivity index (χ1) is 20.4. The highest BCUT2D eigenvalue weighted by Crippen LogP contribution is 2.41. The van der Waals surface area contributed by atoms with E-state index >= 15 is 0 Å². The summed E-state index contributed by atoms with van der Waals surface area (Å²) in [5.41, 5.74) is -0.553.